The molecule has 4 heteroatoms. The van der Waals surface area contributed by atoms with Crippen molar-refractivity contribution in [2.24, 2.45) is 0 Å². The fourth-order valence-electron chi connectivity index (χ4n) is 1.55. The Balaban J connectivity index is 2.25. The molecule has 0 saturated carbocycles. The molecular formula is C10H19N3O. The van der Waals surface area contributed by atoms with E-state index in [1.54, 1.807) is 0 Å². The van der Waals surface area contributed by atoms with Gasteiger partial charge in [-0.05, 0) is 12.8 Å². The monoisotopic (exact) mass is 197 g/mol. The summed E-state index contributed by atoms with van der Waals surface area (Å²) in [5.74, 6) is 0.738. The Morgan fingerprint density at radius 2 is 2.07 bits per heavy atom. The van der Waals surface area contributed by atoms with Gasteiger partial charge in [0.05, 0.1) is 6.54 Å². The van der Waals surface area contributed by atoms with Crippen LogP contribution in [0.25, 0.3) is 0 Å². The van der Waals surface area contributed by atoms with Gasteiger partial charge in [-0.2, -0.15) is 4.98 Å². The first-order valence-electron chi connectivity index (χ1n) is 5.35. The average molecular weight is 197 g/mol. The van der Waals surface area contributed by atoms with Gasteiger partial charge < -0.3 is 9.84 Å². The van der Waals surface area contributed by atoms with E-state index < -0.39 is 0 Å². The molecule has 1 heterocycles. The van der Waals surface area contributed by atoms with Crippen molar-refractivity contribution in [1.29, 1.82) is 0 Å². The number of nitrogens with one attached hydrogen (secondary N) is 1. The lowest BCUT2D eigenvalue weighted by atomic mass is 10.1. The maximum atomic E-state index is 4.67. The number of nitrogens with zero attached hydrogens (tertiary/aromatic N) is 2. The molecule has 0 spiro atoms. The van der Waals surface area contributed by atoms with Gasteiger partial charge in [-0.25, -0.2) is 0 Å². The minimum absolute atomic E-state index is 0.587. The second kappa shape index (κ2) is 6.54. The summed E-state index contributed by atoms with van der Waals surface area (Å²) in [5, 5.41) is 7.20. The van der Waals surface area contributed by atoms with Gasteiger partial charge in [-0.15, -0.1) is 0 Å². The van der Waals surface area contributed by atoms with Crippen molar-refractivity contribution in [3.05, 3.63) is 12.2 Å². The van der Waals surface area contributed by atoms with Crippen LogP contribution in [0.1, 0.15) is 45.4 Å². The summed E-state index contributed by atoms with van der Waals surface area (Å²) in [6.07, 6.45) is 6.22. The Labute approximate surface area is 85.1 Å². The number of rotatable bonds is 7. The molecule has 0 amide bonds. The molecule has 1 aromatic heterocycles. The molecule has 1 N–H and O–H groups in total. The molecule has 1 rings (SSSR count). The Kier molecular flexibility index (Phi) is 5.22. The Morgan fingerprint density at radius 3 is 2.57 bits per heavy atom. The van der Waals surface area contributed by atoms with Gasteiger partial charge in [-0.3, -0.25) is 0 Å². The fraction of sp³-hybridized carbons (Fsp3) is 0.800. The minimum Gasteiger partial charge on any atom is -0.343 e. The van der Waals surface area contributed by atoms with Crippen molar-refractivity contribution in [3.8, 4) is 0 Å². The number of aromatic nitrogens is 2. The highest BCUT2D eigenvalue weighted by Gasteiger charge is 2.06. The van der Waals surface area contributed by atoms with Crippen molar-refractivity contribution < 1.29 is 4.52 Å². The average Bonchev–Trinajstić information content (AvgIpc) is 2.67. The molecule has 0 aliphatic rings. The van der Waals surface area contributed by atoms with Crippen molar-refractivity contribution in [1.82, 2.24) is 15.5 Å². The Hall–Kier alpha value is -0.900. The first-order valence-corrected chi connectivity index (χ1v) is 5.35. The van der Waals surface area contributed by atoms with Crippen LogP contribution < -0.4 is 5.32 Å². The Bertz CT molecular complexity index is 217. The first-order chi connectivity index (χ1) is 6.86. The molecule has 0 aromatic carbocycles. The third kappa shape index (κ3) is 3.87. The van der Waals surface area contributed by atoms with E-state index in [0.717, 1.165) is 5.82 Å². The summed E-state index contributed by atoms with van der Waals surface area (Å²) >= 11 is 0. The van der Waals surface area contributed by atoms with E-state index in [4.69, 9.17) is 0 Å². The molecule has 80 valence electrons. The molecule has 0 aliphatic carbocycles. The van der Waals surface area contributed by atoms with E-state index >= 15 is 0 Å². The summed E-state index contributed by atoms with van der Waals surface area (Å²) in [5.41, 5.74) is 0. The maximum Gasteiger partial charge on any atom is 0.213 e. The summed E-state index contributed by atoms with van der Waals surface area (Å²) in [7, 11) is 0. The van der Waals surface area contributed by atoms with Gasteiger partial charge in [0.25, 0.3) is 0 Å². The predicted molar refractivity (Wildman–Crippen MR) is 54.7 cm³/mol. The normalized spacial score (nSPS) is 11.1. The third-order valence-electron chi connectivity index (χ3n) is 2.23. The highest BCUT2D eigenvalue weighted by molar-refractivity contribution is 4.78. The molecule has 0 fully saturated rings. The van der Waals surface area contributed by atoms with Crippen molar-refractivity contribution >= 4 is 0 Å². The van der Waals surface area contributed by atoms with Crippen molar-refractivity contribution in [2.45, 2.75) is 52.1 Å². The molecule has 14 heavy (non-hydrogen) atoms. The number of hydrogen-bond acceptors (Lipinski definition) is 4. The summed E-state index contributed by atoms with van der Waals surface area (Å²) in [4.78, 5) is 3.97. The molecule has 0 atom stereocenters. The van der Waals surface area contributed by atoms with E-state index in [2.05, 4.69) is 33.8 Å². The summed E-state index contributed by atoms with van der Waals surface area (Å²) in [6, 6.07) is 0.587. The predicted octanol–water partition coefficient (Wildman–Crippen LogP) is 2.13. The molecule has 1 aromatic rings. The largest absolute Gasteiger partial charge is 0.343 e. The molecule has 0 aliphatic heterocycles. The molecule has 0 radical (unpaired) electrons. The maximum absolute atomic E-state index is 4.67. The second-order valence-electron chi connectivity index (χ2n) is 3.50. The summed E-state index contributed by atoms with van der Waals surface area (Å²) < 4.78 is 4.67. The van der Waals surface area contributed by atoms with Crippen molar-refractivity contribution in [3.63, 3.8) is 0 Å². The zero-order valence-corrected chi connectivity index (χ0v) is 8.99. The zero-order chi connectivity index (χ0) is 10.2. The fourth-order valence-corrected chi connectivity index (χ4v) is 1.55. The van der Waals surface area contributed by atoms with Crippen LogP contribution in [0, 0.1) is 0 Å². The van der Waals surface area contributed by atoms with Crippen LogP contribution in [0.15, 0.2) is 10.9 Å². The Morgan fingerprint density at radius 1 is 1.36 bits per heavy atom. The quantitative estimate of drug-likeness (QED) is 0.727. The highest BCUT2D eigenvalue weighted by Crippen LogP contribution is 2.05. The van der Waals surface area contributed by atoms with Crippen LogP contribution in [0.3, 0.4) is 0 Å². The van der Waals surface area contributed by atoms with Crippen LogP contribution in [-0.4, -0.2) is 16.2 Å². The third-order valence-corrected chi connectivity index (χ3v) is 2.23. The lowest BCUT2D eigenvalue weighted by Crippen LogP contribution is -2.28. The SMILES string of the molecule is CCCC(CCC)NCc1ncon1. The smallest absolute Gasteiger partial charge is 0.213 e. The standard InChI is InChI=1S/C10H19N3O/c1-3-5-9(6-4-2)11-7-10-12-8-14-13-10/h8-9,11H,3-7H2,1-2H3. The topological polar surface area (TPSA) is 51.0 Å². The minimum atomic E-state index is 0.587. The zero-order valence-electron chi connectivity index (χ0n) is 8.99. The van der Waals surface area contributed by atoms with E-state index in [0.29, 0.717) is 12.6 Å². The molecular weight excluding hydrogens is 178 g/mol. The number of hydrogen-bond donors (Lipinski definition) is 1. The van der Waals surface area contributed by atoms with Gasteiger partial charge >= 0.3 is 0 Å². The lowest BCUT2D eigenvalue weighted by Gasteiger charge is -2.15. The second-order valence-corrected chi connectivity index (χ2v) is 3.50. The molecule has 0 unspecified atom stereocenters. The van der Waals surface area contributed by atoms with Crippen LogP contribution in [0.5, 0.6) is 0 Å². The van der Waals surface area contributed by atoms with Gasteiger partial charge in [0, 0.05) is 6.04 Å². The van der Waals surface area contributed by atoms with Crippen LogP contribution in [-0.2, 0) is 6.54 Å². The van der Waals surface area contributed by atoms with E-state index in [9.17, 15) is 0 Å². The van der Waals surface area contributed by atoms with E-state index in [1.807, 2.05) is 0 Å². The van der Waals surface area contributed by atoms with Crippen molar-refractivity contribution in [2.75, 3.05) is 0 Å². The van der Waals surface area contributed by atoms with Crippen LogP contribution in [0.4, 0.5) is 0 Å². The van der Waals surface area contributed by atoms with Gasteiger partial charge in [0.15, 0.2) is 5.82 Å². The molecule has 0 bridgehead atoms. The highest BCUT2D eigenvalue weighted by atomic mass is 16.5. The van der Waals surface area contributed by atoms with Gasteiger partial charge in [0.1, 0.15) is 0 Å². The lowest BCUT2D eigenvalue weighted by molar-refractivity contribution is 0.395. The molecule has 0 saturated heterocycles. The summed E-state index contributed by atoms with van der Waals surface area (Å²) in [6.45, 7) is 5.12. The van der Waals surface area contributed by atoms with Gasteiger partial charge in [0.2, 0.25) is 6.39 Å². The van der Waals surface area contributed by atoms with E-state index in [1.165, 1.54) is 32.1 Å². The first kappa shape index (κ1) is 11.2. The van der Waals surface area contributed by atoms with Crippen LogP contribution in [0.2, 0.25) is 0 Å². The van der Waals surface area contributed by atoms with Gasteiger partial charge in [-0.1, -0.05) is 31.8 Å². The van der Waals surface area contributed by atoms with E-state index in [-0.39, 0.29) is 0 Å². The van der Waals surface area contributed by atoms with Crippen LogP contribution >= 0.6 is 0 Å². The molecule has 4 nitrogen and oxygen atoms in total.